The van der Waals surface area contributed by atoms with E-state index in [1.54, 1.807) is 22.7 Å². The predicted octanol–water partition coefficient (Wildman–Crippen LogP) is 5.11. The fourth-order valence-corrected chi connectivity index (χ4v) is 5.44. The molecule has 1 saturated heterocycles. The van der Waals surface area contributed by atoms with E-state index < -0.39 is 0 Å². The third-order valence-electron chi connectivity index (χ3n) is 4.54. The Kier molecular flexibility index (Phi) is 4.97. The number of nitrogens with one attached hydrogen (secondary N) is 1. The number of aryl methyl sites for hydroxylation is 1. The number of halogens is 1. The Morgan fingerprint density at radius 3 is 3.12 bits per heavy atom. The Balaban J connectivity index is 1.72. The number of rotatable bonds is 4. The number of hydrogen-bond acceptors (Lipinski definition) is 6. The van der Waals surface area contributed by atoms with Crippen LogP contribution >= 0.6 is 34.3 Å². The van der Waals surface area contributed by atoms with E-state index in [9.17, 15) is 0 Å². The zero-order valence-corrected chi connectivity index (χ0v) is 16.3. The van der Waals surface area contributed by atoms with E-state index in [-0.39, 0.29) is 12.1 Å². The van der Waals surface area contributed by atoms with Gasteiger partial charge in [-0.25, -0.2) is 4.98 Å². The molecule has 3 aromatic heterocycles. The van der Waals surface area contributed by atoms with E-state index in [4.69, 9.17) is 22.1 Å². The van der Waals surface area contributed by atoms with Crippen LogP contribution in [-0.2, 0) is 11.3 Å². The van der Waals surface area contributed by atoms with Crippen molar-refractivity contribution in [2.75, 3.05) is 11.9 Å². The van der Waals surface area contributed by atoms with Crippen LogP contribution in [0.15, 0.2) is 23.6 Å². The zero-order chi connectivity index (χ0) is 17.4. The third-order valence-corrected chi connectivity index (χ3v) is 6.98. The molecule has 132 valence electrons. The SMILES string of the molecule is Cc1c([C@H]2OCCC[C@@H]2N)sc2c(NCc3cccs3)cc(Cl)nc12. The molecule has 25 heavy (non-hydrogen) atoms. The summed E-state index contributed by atoms with van der Waals surface area (Å²) < 4.78 is 7.10. The average Bonchev–Trinajstić information content (AvgIpc) is 3.22. The Hall–Kier alpha value is -1.18. The summed E-state index contributed by atoms with van der Waals surface area (Å²) in [6.07, 6.45) is 1.98. The van der Waals surface area contributed by atoms with Crippen LogP contribution in [0.2, 0.25) is 5.15 Å². The van der Waals surface area contributed by atoms with Crippen molar-refractivity contribution >= 4 is 50.2 Å². The van der Waals surface area contributed by atoms with Gasteiger partial charge in [-0.05, 0) is 36.8 Å². The molecule has 7 heteroatoms. The number of anilines is 1. The maximum absolute atomic E-state index is 6.31. The van der Waals surface area contributed by atoms with E-state index in [1.165, 1.54) is 9.75 Å². The quantitative estimate of drug-likeness (QED) is 0.604. The van der Waals surface area contributed by atoms with Gasteiger partial charge in [-0.15, -0.1) is 22.7 Å². The van der Waals surface area contributed by atoms with Gasteiger partial charge < -0.3 is 15.8 Å². The van der Waals surface area contributed by atoms with Gasteiger partial charge in [0.05, 0.1) is 15.9 Å². The number of ether oxygens (including phenoxy) is 1. The predicted molar refractivity (Wildman–Crippen MR) is 107 cm³/mol. The lowest BCUT2D eigenvalue weighted by Crippen LogP contribution is -2.34. The van der Waals surface area contributed by atoms with Gasteiger partial charge in [-0.2, -0.15) is 0 Å². The van der Waals surface area contributed by atoms with Crippen molar-refractivity contribution in [1.82, 2.24) is 4.98 Å². The molecule has 0 aliphatic carbocycles. The van der Waals surface area contributed by atoms with Crippen molar-refractivity contribution in [1.29, 1.82) is 0 Å². The van der Waals surface area contributed by atoms with Crippen molar-refractivity contribution in [3.8, 4) is 0 Å². The Morgan fingerprint density at radius 1 is 1.48 bits per heavy atom. The Bertz CT molecular complexity index is 878. The molecule has 4 rings (SSSR count). The largest absolute Gasteiger partial charge is 0.379 e. The first-order valence-electron chi connectivity index (χ1n) is 8.36. The number of hydrogen-bond donors (Lipinski definition) is 2. The maximum Gasteiger partial charge on any atom is 0.131 e. The molecule has 0 spiro atoms. The molecule has 3 aromatic rings. The summed E-state index contributed by atoms with van der Waals surface area (Å²) >= 11 is 9.74. The minimum Gasteiger partial charge on any atom is -0.379 e. The molecule has 3 N–H and O–H groups in total. The highest BCUT2D eigenvalue weighted by atomic mass is 35.5. The molecule has 0 radical (unpaired) electrons. The standard InChI is InChI=1S/C18H20ClN3OS2/c1-10-15-18(25-17(10)16-12(20)5-2-6-23-16)13(8-14(19)22-15)21-9-11-4-3-7-24-11/h3-4,7-8,12,16H,2,5-6,9,20H2,1H3,(H,21,22)/t12-,16-/m0/s1. The van der Waals surface area contributed by atoms with Crippen LogP contribution in [0.5, 0.6) is 0 Å². The summed E-state index contributed by atoms with van der Waals surface area (Å²) in [5, 5.41) is 6.10. The fraction of sp³-hybridized carbons (Fsp3) is 0.389. The number of aromatic nitrogens is 1. The van der Waals surface area contributed by atoms with E-state index in [0.29, 0.717) is 5.15 Å². The first kappa shape index (κ1) is 17.2. The second-order valence-electron chi connectivity index (χ2n) is 6.29. The fourth-order valence-electron chi connectivity index (χ4n) is 3.24. The lowest BCUT2D eigenvalue weighted by molar-refractivity contribution is 0.00207. The third kappa shape index (κ3) is 3.41. The summed E-state index contributed by atoms with van der Waals surface area (Å²) in [5.41, 5.74) is 9.41. The van der Waals surface area contributed by atoms with Crippen LogP contribution in [0.4, 0.5) is 5.69 Å². The zero-order valence-electron chi connectivity index (χ0n) is 13.9. The second-order valence-corrected chi connectivity index (χ2v) is 8.76. The Morgan fingerprint density at radius 2 is 2.36 bits per heavy atom. The topological polar surface area (TPSA) is 60.2 Å². The van der Waals surface area contributed by atoms with Gasteiger partial charge in [0.1, 0.15) is 11.3 Å². The van der Waals surface area contributed by atoms with Crippen LogP contribution < -0.4 is 11.1 Å². The van der Waals surface area contributed by atoms with Crippen molar-refractivity contribution in [2.24, 2.45) is 5.73 Å². The van der Waals surface area contributed by atoms with Gasteiger partial charge in [-0.3, -0.25) is 0 Å². The number of thiophene rings is 2. The minimum atomic E-state index is -0.0446. The summed E-state index contributed by atoms with van der Waals surface area (Å²) in [6.45, 7) is 3.63. The van der Waals surface area contributed by atoms with E-state index in [0.717, 1.165) is 47.5 Å². The summed E-state index contributed by atoms with van der Waals surface area (Å²) in [5.74, 6) is 0. The van der Waals surface area contributed by atoms with Crippen LogP contribution in [0, 0.1) is 6.92 Å². The van der Waals surface area contributed by atoms with Crippen molar-refractivity contribution in [2.45, 2.75) is 38.5 Å². The highest BCUT2D eigenvalue weighted by molar-refractivity contribution is 7.20. The van der Waals surface area contributed by atoms with Gasteiger partial charge in [0, 0.05) is 35.0 Å². The Labute approximate surface area is 160 Å². The van der Waals surface area contributed by atoms with Crippen molar-refractivity contribution < 1.29 is 4.74 Å². The van der Waals surface area contributed by atoms with Crippen LogP contribution in [0.1, 0.15) is 34.3 Å². The second kappa shape index (κ2) is 7.21. The molecule has 4 nitrogen and oxygen atoms in total. The first-order chi connectivity index (χ1) is 12.1. The molecule has 4 heterocycles. The summed E-state index contributed by atoms with van der Waals surface area (Å²) in [6, 6.07) is 6.13. The molecular formula is C18H20ClN3OS2. The molecule has 2 atom stereocenters. The van der Waals surface area contributed by atoms with Crippen LogP contribution in [0.25, 0.3) is 10.2 Å². The van der Waals surface area contributed by atoms with Crippen LogP contribution in [0.3, 0.4) is 0 Å². The molecule has 0 amide bonds. The molecule has 0 unspecified atom stereocenters. The van der Waals surface area contributed by atoms with E-state index in [1.807, 2.05) is 6.07 Å². The molecule has 0 aromatic carbocycles. The first-order valence-corrected chi connectivity index (χ1v) is 10.4. The minimum absolute atomic E-state index is 0.0403. The number of nitrogens with two attached hydrogens (primary N) is 1. The van der Waals surface area contributed by atoms with E-state index >= 15 is 0 Å². The van der Waals surface area contributed by atoms with Crippen molar-refractivity contribution in [3.05, 3.63) is 44.1 Å². The molecule has 1 aliphatic heterocycles. The lowest BCUT2D eigenvalue weighted by Gasteiger charge is -2.28. The summed E-state index contributed by atoms with van der Waals surface area (Å²) in [4.78, 5) is 7.02. The number of pyridine rings is 1. The lowest BCUT2D eigenvalue weighted by atomic mass is 10.00. The summed E-state index contributed by atoms with van der Waals surface area (Å²) in [7, 11) is 0. The molecule has 1 aliphatic rings. The smallest absolute Gasteiger partial charge is 0.131 e. The highest BCUT2D eigenvalue weighted by Gasteiger charge is 2.29. The normalized spacial score (nSPS) is 20.9. The van der Waals surface area contributed by atoms with Crippen molar-refractivity contribution in [3.63, 3.8) is 0 Å². The van der Waals surface area contributed by atoms with Gasteiger partial charge >= 0.3 is 0 Å². The number of nitrogens with zero attached hydrogens (tertiary/aromatic N) is 1. The molecule has 1 fully saturated rings. The monoisotopic (exact) mass is 393 g/mol. The van der Waals surface area contributed by atoms with Crippen LogP contribution in [-0.4, -0.2) is 17.6 Å². The van der Waals surface area contributed by atoms with Gasteiger partial charge in [0.15, 0.2) is 0 Å². The molecule has 0 bridgehead atoms. The van der Waals surface area contributed by atoms with E-state index in [2.05, 4.69) is 34.7 Å². The van der Waals surface area contributed by atoms with Gasteiger partial charge in [0.25, 0.3) is 0 Å². The highest BCUT2D eigenvalue weighted by Crippen LogP contribution is 2.42. The molecular weight excluding hydrogens is 374 g/mol. The van der Waals surface area contributed by atoms with Gasteiger partial charge in [0.2, 0.25) is 0 Å². The average molecular weight is 394 g/mol. The molecule has 0 saturated carbocycles. The maximum atomic E-state index is 6.31. The van der Waals surface area contributed by atoms with Gasteiger partial charge in [-0.1, -0.05) is 17.7 Å². The number of fused-ring (bicyclic) bond motifs is 1.